The molecule has 1 saturated heterocycles. The van der Waals surface area contributed by atoms with E-state index < -0.39 is 11.8 Å². The molecule has 0 bridgehead atoms. The van der Waals surface area contributed by atoms with Gasteiger partial charge in [0.2, 0.25) is 0 Å². The third kappa shape index (κ3) is 5.82. The largest absolute Gasteiger partial charge is 0.468 e. The first-order valence-electron chi connectivity index (χ1n) is 11.3. The zero-order valence-electron chi connectivity index (χ0n) is 19.4. The van der Waals surface area contributed by atoms with E-state index in [0.29, 0.717) is 5.69 Å². The summed E-state index contributed by atoms with van der Waals surface area (Å²) in [5, 5.41) is 5.43. The van der Waals surface area contributed by atoms with Gasteiger partial charge < -0.3 is 20.0 Å². The van der Waals surface area contributed by atoms with Crippen molar-refractivity contribution in [2.24, 2.45) is 0 Å². The van der Waals surface area contributed by atoms with Crippen LogP contribution in [0.5, 0.6) is 0 Å². The first kappa shape index (κ1) is 23.5. The van der Waals surface area contributed by atoms with Gasteiger partial charge in [0.25, 0.3) is 0 Å². The third-order valence-corrected chi connectivity index (χ3v) is 5.96. The molecule has 0 saturated carbocycles. The summed E-state index contributed by atoms with van der Waals surface area (Å²) in [6.07, 6.45) is 1.60. The van der Waals surface area contributed by atoms with Gasteiger partial charge in [0.15, 0.2) is 0 Å². The highest BCUT2D eigenvalue weighted by Crippen LogP contribution is 2.24. The molecule has 34 heavy (non-hydrogen) atoms. The Morgan fingerprint density at radius 1 is 0.971 bits per heavy atom. The quantitative estimate of drug-likeness (QED) is 0.545. The molecule has 1 unspecified atom stereocenters. The Morgan fingerprint density at radius 3 is 2.26 bits per heavy atom. The summed E-state index contributed by atoms with van der Waals surface area (Å²) in [7, 11) is 0. The monoisotopic (exact) mass is 464 g/mol. The lowest BCUT2D eigenvalue weighted by molar-refractivity contribution is -0.136. The van der Waals surface area contributed by atoms with Crippen LogP contribution in [0.2, 0.25) is 0 Å². The fraction of sp³-hybridized carbons (Fsp3) is 0.308. The third-order valence-electron chi connectivity index (χ3n) is 5.96. The van der Waals surface area contributed by atoms with Gasteiger partial charge in [0.1, 0.15) is 11.6 Å². The molecule has 2 heterocycles. The van der Waals surface area contributed by atoms with Crippen molar-refractivity contribution in [3.63, 3.8) is 0 Å². The number of nitrogens with zero attached hydrogens (tertiary/aromatic N) is 2. The minimum absolute atomic E-state index is 0.205. The highest BCUT2D eigenvalue weighted by Gasteiger charge is 2.28. The van der Waals surface area contributed by atoms with Crippen LogP contribution in [-0.2, 0) is 9.59 Å². The van der Waals surface area contributed by atoms with Crippen molar-refractivity contribution >= 4 is 23.2 Å². The van der Waals surface area contributed by atoms with Crippen molar-refractivity contribution in [2.45, 2.75) is 19.9 Å². The average molecular weight is 465 g/mol. The molecule has 1 fully saturated rings. The molecule has 1 atom stereocenters. The van der Waals surface area contributed by atoms with Gasteiger partial charge >= 0.3 is 11.8 Å². The van der Waals surface area contributed by atoms with E-state index in [4.69, 9.17) is 4.42 Å². The van der Waals surface area contributed by atoms with Gasteiger partial charge in [-0.25, -0.2) is 4.39 Å². The van der Waals surface area contributed by atoms with E-state index in [0.717, 1.165) is 48.8 Å². The van der Waals surface area contributed by atoms with Gasteiger partial charge in [-0.3, -0.25) is 14.5 Å². The standard InChI is InChI=1S/C26H29FN4O3/c1-18-14-19(2)16-21(15-18)29-26(33)25(32)28-17-23(24-4-3-13-34-24)31-11-9-30(10-12-31)22-7-5-20(27)6-8-22/h3-8,13-16,23H,9-12,17H2,1-2H3,(H,28,32)(H,29,33). The second-order valence-electron chi connectivity index (χ2n) is 8.57. The smallest absolute Gasteiger partial charge is 0.313 e. The van der Waals surface area contributed by atoms with Gasteiger partial charge in [0.05, 0.1) is 12.3 Å². The number of carbonyl (C=O) groups excluding carboxylic acids is 2. The minimum Gasteiger partial charge on any atom is -0.468 e. The molecular formula is C26H29FN4O3. The summed E-state index contributed by atoms with van der Waals surface area (Å²) < 4.78 is 18.9. The molecule has 1 aliphatic rings. The second-order valence-corrected chi connectivity index (χ2v) is 8.57. The summed E-state index contributed by atoms with van der Waals surface area (Å²) in [5.74, 6) is -0.923. The Balaban J connectivity index is 1.36. The molecule has 178 valence electrons. The number of rotatable bonds is 6. The van der Waals surface area contributed by atoms with E-state index in [1.54, 1.807) is 18.4 Å². The van der Waals surface area contributed by atoms with Gasteiger partial charge in [-0.05, 0) is 73.5 Å². The molecule has 1 aliphatic heterocycles. The number of anilines is 2. The summed E-state index contributed by atoms with van der Waals surface area (Å²) in [6.45, 7) is 7.08. The molecule has 4 rings (SSSR count). The fourth-order valence-corrected chi connectivity index (χ4v) is 4.34. The number of aryl methyl sites for hydroxylation is 2. The number of benzene rings is 2. The maximum absolute atomic E-state index is 13.2. The normalized spacial score (nSPS) is 15.1. The number of halogens is 1. The molecular weight excluding hydrogens is 435 g/mol. The van der Waals surface area contributed by atoms with Crippen LogP contribution < -0.4 is 15.5 Å². The van der Waals surface area contributed by atoms with Crippen molar-refractivity contribution in [1.82, 2.24) is 10.2 Å². The lowest BCUT2D eigenvalue weighted by atomic mass is 10.1. The van der Waals surface area contributed by atoms with E-state index >= 15 is 0 Å². The number of amides is 2. The fourth-order valence-electron chi connectivity index (χ4n) is 4.34. The SMILES string of the molecule is Cc1cc(C)cc(NC(=O)C(=O)NCC(c2ccco2)N2CCN(c3ccc(F)cc3)CC2)c1. The van der Waals surface area contributed by atoms with Crippen LogP contribution in [0.3, 0.4) is 0 Å². The summed E-state index contributed by atoms with van der Waals surface area (Å²) in [5.41, 5.74) is 3.59. The summed E-state index contributed by atoms with van der Waals surface area (Å²) in [4.78, 5) is 29.4. The first-order chi connectivity index (χ1) is 16.4. The van der Waals surface area contributed by atoms with E-state index in [1.807, 2.05) is 44.2 Å². The molecule has 0 radical (unpaired) electrons. The summed E-state index contributed by atoms with van der Waals surface area (Å²) >= 11 is 0. The molecule has 7 nitrogen and oxygen atoms in total. The first-order valence-corrected chi connectivity index (χ1v) is 11.3. The van der Waals surface area contributed by atoms with Crippen LogP contribution in [-0.4, -0.2) is 49.4 Å². The molecule has 1 aromatic heterocycles. The van der Waals surface area contributed by atoms with Crippen molar-refractivity contribution in [2.75, 3.05) is 42.9 Å². The molecule has 0 aliphatic carbocycles. The van der Waals surface area contributed by atoms with Crippen molar-refractivity contribution in [1.29, 1.82) is 0 Å². The number of carbonyl (C=O) groups is 2. The lowest BCUT2D eigenvalue weighted by Gasteiger charge is -2.39. The maximum atomic E-state index is 13.2. The topological polar surface area (TPSA) is 77.8 Å². The Kier molecular flexibility index (Phi) is 7.27. The number of nitrogens with one attached hydrogen (secondary N) is 2. The zero-order valence-corrected chi connectivity index (χ0v) is 19.4. The Hall–Kier alpha value is -3.65. The van der Waals surface area contributed by atoms with E-state index in [9.17, 15) is 14.0 Å². The van der Waals surface area contributed by atoms with Gasteiger partial charge in [-0.15, -0.1) is 0 Å². The van der Waals surface area contributed by atoms with Crippen LogP contribution in [0.4, 0.5) is 15.8 Å². The van der Waals surface area contributed by atoms with Crippen molar-refractivity contribution in [3.8, 4) is 0 Å². The molecule has 3 aromatic rings. The van der Waals surface area contributed by atoms with E-state index in [1.165, 1.54) is 12.1 Å². The number of piperazine rings is 1. The van der Waals surface area contributed by atoms with E-state index in [-0.39, 0.29) is 18.4 Å². The Morgan fingerprint density at radius 2 is 1.65 bits per heavy atom. The predicted octanol–water partition coefficient (Wildman–Crippen LogP) is 3.65. The van der Waals surface area contributed by atoms with E-state index in [2.05, 4.69) is 20.4 Å². The van der Waals surface area contributed by atoms with Gasteiger partial charge in [0, 0.05) is 44.1 Å². The molecule has 2 amide bonds. The average Bonchev–Trinajstić information content (AvgIpc) is 3.34. The molecule has 0 spiro atoms. The number of hydrogen-bond donors (Lipinski definition) is 2. The van der Waals surface area contributed by atoms with Gasteiger partial charge in [-0.2, -0.15) is 0 Å². The van der Waals surface area contributed by atoms with Crippen LogP contribution in [0.15, 0.2) is 65.3 Å². The Labute approximate surface area is 198 Å². The van der Waals surface area contributed by atoms with Crippen LogP contribution >= 0.6 is 0 Å². The number of furan rings is 1. The lowest BCUT2D eigenvalue weighted by Crippen LogP contribution is -2.50. The van der Waals surface area contributed by atoms with Gasteiger partial charge in [-0.1, -0.05) is 6.07 Å². The minimum atomic E-state index is -0.704. The Bertz CT molecular complexity index is 1100. The number of hydrogen-bond acceptors (Lipinski definition) is 5. The van der Waals surface area contributed by atoms with Crippen LogP contribution in [0.1, 0.15) is 22.9 Å². The second kappa shape index (κ2) is 10.5. The van der Waals surface area contributed by atoms with Crippen molar-refractivity contribution < 1.29 is 18.4 Å². The zero-order chi connectivity index (χ0) is 24.1. The maximum Gasteiger partial charge on any atom is 0.313 e. The van der Waals surface area contributed by atoms with Crippen LogP contribution in [0.25, 0.3) is 0 Å². The summed E-state index contributed by atoms with van der Waals surface area (Å²) in [6, 6.07) is 15.6. The van der Waals surface area contributed by atoms with Crippen LogP contribution in [0, 0.1) is 19.7 Å². The highest BCUT2D eigenvalue weighted by atomic mass is 19.1. The highest BCUT2D eigenvalue weighted by molar-refractivity contribution is 6.39. The predicted molar refractivity (Wildman–Crippen MR) is 129 cm³/mol. The van der Waals surface area contributed by atoms with Crippen molar-refractivity contribution in [3.05, 3.63) is 83.6 Å². The molecule has 8 heteroatoms. The molecule has 2 N–H and O–H groups in total. The molecule has 2 aromatic carbocycles.